The van der Waals surface area contributed by atoms with Gasteiger partial charge in [-0.15, -0.1) is 0 Å². The number of nitro groups is 1. The van der Waals surface area contributed by atoms with Crippen LogP contribution in [0.3, 0.4) is 0 Å². The minimum atomic E-state index is -0.485. The van der Waals surface area contributed by atoms with Crippen molar-refractivity contribution >= 4 is 33.4 Å². The van der Waals surface area contributed by atoms with E-state index < -0.39 is 4.92 Å². The number of hydrogen-bond acceptors (Lipinski definition) is 3. The van der Waals surface area contributed by atoms with Crippen molar-refractivity contribution in [2.75, 3.05) is 11.1 Å². The number of alkyl halides is 1. The maximum absolute atomic E-state index is 10.5. The third-order valence-electron chi connectivity index (χ3n) is 1.65. The van der Waals surface area contributed by atoms with Crippen LogP contribution in [0.25, 0.3) is 6.08 Å². The van der Waals surface area contributed by atoms with Crippen LogP contribution in [-0.4, -0.2) is 10.3 Å². The summed E-state index contributed by atoms with van der Waals surface area (Å²) in [6.45, 7) is 0. The van der Waals surface area contributed by atoms with Crippen LogP contribution in [0.4, 0.5) is 11.4 Å². The second kappa shape index (κ2) is 4.76. The van der Waals surface area contributed by atoms with Gasteiger partial charge in [-0.05, 0) is 11.6 Å². The molecule has 0 saturated heterocycles. The number of hydrogen-bond donors (Lipinski definition) is 1. The Hall–Kier alpha value is -1.36. The first-order valence-electron chi connectivity index (χ1n) is 3.91. The smallest absolute Gasteiger partial charge is 0.292 e. The van der Waals surface area contributed by atoms with Crippen LogP contribution in [0.5, 0.6) is 0 Å². The van der Waals surface area contributed by atoms with Crippen molar-refractivity contribution in [3.05, 3.63) is 40.0 Å². The minimum Gasteiger partial charge on any atom is -0.393 e. The third kappa shape index (κ3) is 2.56. The lowest BCUT2D eigenvalue weighted by atomic mass is 10.1. The van der Waals surface area contributed by atoms with E-state index in [2.05, 4.69) is 15.9 Å². The largest absolute Gasteiger partial charge is 0.393 e. The first-order valence-corrected chi connectivity index (χ1v) is 5.03. The molecule has 0 aliphatic rings. The van der Waals surface area contributed by atoms with Crippen molar-refractivity contribution in [3.8, 4) is 0 Å². The van der Waals surface area contributed by atoms with Crippen LogP contribution < -0.4 is 5.73 Å². The lowest BCUT2D eigenvalue weighted by Crippen LogP contribution is -1.95. The predicted octanol–water partition coefficient (Wildman–Crippen LogP) is 2.59. The highest BCUT2D eigenvalue weighted by Gasteiger charge is 2.10. The van der Waals surface area contributed by atoms with E-state index in [4.69, 9.17) is 5.73 Å². The van der Waals surface area contributed by atoms with E-state index in [0.29, 0.717) is 5.33 Å². The van der Waals surface area contributed by atoms with Gasteiger partial charge >= 0.3 is 0 Å². The highest BCUT2D eigenvalue weighted by molar-refractivity contribution is 9.09. The Morgan fingerprint density at radius 3 is 2.86 bits per heavy atom. The Morgan fingerprint density at radius 1 is 1.57 bits per heavy atom. The van der Waals surface area contributed by atoms with E-state index in [1.165, 1.54) is 12.1 Å². The van der Waals surface area contributed by atoms with Gasteiger partial charge in [-0.1, -0.05) is 34.1 Å². The van der Waals surface area contributed by atoms with Crippen LogP contribution in [0.1, 0.15) is 5.56 Å². The highest BCUT2D eigenvalue weighted by Crippen LogP contribution is 2.22. The maximum Gasteiger partial charge on any atom is 0.292 e. The van der Waals surface area contributed by atoms with E-state index in [9.17, 15) is 10.1 Å². The molecule has 0 atom stereocenters. The SMILES string of the molecule is Nc1ccc(C=CCBr)cc1[N+](=O)[O-]. The molecular weight excluding hydrogens is 248 g/mol. The van der Waals surface area contributed by atoms with Crippen molar-refractivity contribution in [2.24, 2.45) is 0 Å². The molecule has 14 heavy (non-hydrogen) atoms. The zero-order valence-electron chi connectivity index (χ0n) is 7.31. The number of rotatable bonds is 3. The third-order valence-corrected chi connectivity index (χ3v) is 2.02. The molecule has 0 aliphatic carbocycles. The maximum atomic E-state index is 10.5. The van der Waals surface area contributed by atoms with Crippen molar-refractivity contribution in [1.29, 1.82) is 0 Å². The summed E-state index contributed by atoms with van der Waals surface area (Å²) in [5.74, 6) is 0. The summed E-state index contributed by atoms with van der Waals surface area (Å²) < 4.78 is 0. The second-order valence-electron chi connectivity index (χ2n) is 2.63. The van der Waals surface area contributed by atoms with E-state index in [-0.39, 0.29) is 11.4 Å². The number of nitrogens with two attached hydrogens (primary N) is 1. The van der Waals surface area contributed by atoms with Crippen molar-refractivity contribution < 1.29 is 4.92 Å². The van der Waals surface area contributed by atoms with Gasteiger partial charge in [0, 0.05) is 11.4 Å². The number of halogens is 1. The number of anilines is 1. The number of benzene rings is 1. The van der Waals surface area contributed by atoms with Gasteiger partial charge in [0.1, 0.15) is 5.69 Å². The van der Waals surface area contributed by atoms with Crippen molar-refractivity contribution in [3.63, 3.8) is 0 Å². The molecule has 1 aromatic rings. The molecule has 4 nitrogen and oxygen atoms in total. The molecule has 0 fully saturated rings. The molecular formula is C9H9BrN2O2. The Labute approximate surface area is 89.7 Å². The quantitative estimate of drug-likeness (QED) is 0.391. The molecule has 0 spiro atoms. The molecule has 1 rings (SSSR count). The molecule has 0 heterocycles. The molecule has 5 heteroatoms. The molecule has 74 valence electrons. The van der Waals surface area contributed by atoms with E-state index >= 15 is 0 Å². The number of nitrogen functional groups attached to an aromatic ring is 1. The predicted molar refractivity (Wildman–Crippen MR) is 60.3 cm³/mol. The summed E-state index contributed by atoms with van der Waals surface area (Å²) in [5, 5.41) is 11.3. The Morgan fingerprint density at radius 2 is 2.29 bits per heavy atom. The number of allylic oxidation sites excluding steroid dienone is 1. The molecule has 0 amide bonds. The fraction of sp³-hybridized carbons (Fsp3) is 0.111. The van der Waals surface area contributed by atoms with Gasteiger partial charge in [0.25, 0.3) is 5.69 Å². The van der Waals surface area contributed by atoms with Gasteiger partial charge in [0.05, 0.1) is 4.92 Å². The van der Waals surface area contributed by atoms with Crippen LogP contribution in [-0.2, 0) is 0 Å². The summed E-state index contributed by atoms with van der Waals surface area (Å²) >= 11 is 3.22. The van der Waals surface area contributed by atoms with Crippen LogP contribution in [0, 0.1) is 10.1 Å². The summed E-state index contributed by atoms with van der Waals surface area (Å²) in [5.41, 5.74) is 6.35. The van der Waals surface area contributed by atoms with Crippen LogP contribution >= 0.6 is 15.9 Å². The summed E-state index contributed by atoms with van der Waals surface area (Å²) in [6, 6.07) is 4.72. The lowest BCUT2D eigenvalue weighted by Gasteiger charge is -1.98. The summed E-state index contributed by atoms with van der Waals surface area (Å²) in [7, 11) is 0. The fourth-order valence-electron chi connectivity index (χ4n) is 1.00. The number of nitro benzene ring substituents is 1. The molecule has 0 radical (unpaired) electrons. The first kappa shape index (κ1) is 10.7. The fourth-order valence-corrected chi connectivity index (χ4v) is 1.19. The van der Waals surface area contributed by atoms with Gasteiger partial charge in [0.15, 0.2) is 0 Å². The van der Waals surface area contributed by atoms with Crippen LogP contribution in [0.15, 0.2) is 24.3 Å². The standard InChI is InChI=1S/C9H9BrN2O2/c10-5-1-2-7-3-4-8(11)9(6-7)12(13)14/h1-4,6H,5,11H2. The average molecular weight is 257 g/mol. The molecule has 0 aromatic heterocycles. The topological polar surface area (TPSA) is 69.2 Å². The van der Waals surface area contributed by atoms with Gasteiger partial charge in [-0.2, -0.15) is 0 Å². The summed E-state index contributed by atoms with van der Waals surface area (Å²) in [4.78, 5) is 10.1. The van der Waals surface area contributed by atoms with E-state index in [1.807, 2.05) is 6.08 Å². The molecule has 2 N–H and O–H groups in total. The zero-order valence-corrected chi connectivity index (χ0v) is 8.90. The van der Waals surface area contributed by atoms with Gasteiger partial charge in [-0.25, -0.2) is 0 Å². The summed E-state index contributed by atoms with van der Waals surface area (Å²) in [6.07, 6.45) is 3.65. The average Bonchev–Trinajstić information content (AvgIpc) is 2.16. The first-order chi connectivity index (χ1) is 6.65. The van der Waals surface area contributed by atoms with Crippen molar-refractivity contribution in [1.82, 2.24) is 0 Å². The monoisotopic (exact) mass is 256 g/mol. The van der Waals surface area contributed by atoms with Crippen LogP contribution in [0.2, 0.25) is 0 Å². The highest BCUT2D eigenvalue weighted by atomic mass is 79.9. The van der Waals surface area contributed by atoms with Gasteiger partial charge in [-0.3, -0.25) is 10.1 Å². The lowest BCUT2D eigenvalue weighted by molar-refractivity contribution is -0.383. The van der Waals surface area contributed by atoms with Gasteiger partial charge < -0.3 is 5.73 Å². The molecule has 0 saturated carbocycles. The minimum absolute atomic E-state index is 0.0540. The normalized spacial score (nSPS) is 10.6. The molecule has 1 aromatic carbocycles. The van der Waals surface area contributed by atoms with E-state index in [0.717, 1.165) is 5.56 Å². The Balaban J connectivity index is 3.06. The zero-order chi connectivity index (χ0) is 10.6. The Kier molecular flexibility index (Phi) is 3.64. The molecule has 0 unspecified atom stereocenters. The molecule has 0 bridgehead atoms. The van der Waals surface area contributed by atoms with E-state index in [1.54, 1.807) is 12.1 Å². The molecule has 0 aliphatic heterocycles. The Bertz CT molecular complexity index is 377. The van der Waals surface area contributed by atoms with Gasteiger partial charge in [0.2, 0.25) is 0 Å². The second-order valence-corrected chi connectivity index (χ2v) is 3.28. The number of nitrogens with zero attached hydrogens (tertiary/aromatic N) is 1. The van der Waals surface area contributed by atoms with Crippen molar-refractivity contribution in [2.45, 2.75) is 0 Å².